The van der Waals surface area contributed by atoms with Crippen molar-refractivity contribution in [3.63, 3.8) is 0 Å². The zero-order chi connectivity index (χ0) is 21.2. The third kappa shape index (κ3) is 4.43. The Bertz CT molecular complexity index is 1050. The summed E-state index contributed by atoms with van der Waals surface area (Å²) in [7, 11) is 1.48. The number of aromatic nitrogens is 3. The second kappa shape index (κ2) is 8.25. The van der Waals surface area contributed by atoms with Gasteiger partial charge in [0.25, 0.3) is 0 Å². The number of hydrogen-bond acceptors (Lipinski definition) is 6. The molecule has 0 aliphatic heterocycles. The molecule has 1 aromatic carbocycles. The average Bonchev–Trinajstić information content (AvgIpc) is 3.08. The fraction of sp³-hybridized carbons (Fsp3) is 0.235. The van der Waals surface area contributed by atoms with Crippen LogP contribution in [-0.4, -0.2) is 41.4 Å². The van der Waals surface area contributed by atoms with Crippen molar-refractivity contribution >= 4 is 44.6 Å². The minimum Gasteiger partial charge on any atom is -0.447 e. The van der Waals surface area contributed by atoms with Crippen LogP contribution in [-0.2, 0) is 15.7 Å². The Hall–Kier alpha value is -2.86. The Labute approximate surface area is 170 Å². The van der Waals surface area contributed by atoms with Gasteiger partial charge < -0.3 is 20.2 Å². The summed E-state index contributed by atoms with van der Waals surface area (Å²) in [6, 6.07) is 3.08. The molecular formula is C17H15BrF3N5O3. The molecule has 0 saturated carbocycles. The van der Waals surface area contributed by atoms with Gasteiger partial charge in [-0.2, -0.15) is 13.2 Å². The summed E-state index contributed by atoms with van der Waals surface area (Å²) in [6.45, 7) is 0.321. The molecule has 0 atom stereocenters. The number of benzene rings is 1. The summed E-state index contributed by atoms with van der Waals surface area (Å²) in [4.78, 5) is 21.9. The molecule has 3 rings (SSSR count). The lowest BCUT2D eigenvalue weighted by Gasteiger charge is -2.12. The van der Waals surface area contributed by atoms with Gasteiger partial charge in [0.1, 0.15) is 12.2 Å². The smallest absolute Gasteiger partial charge is 0.419 e. The zero-order valence-corrected chi connectivity index (χ0v) is 16.5. The molecule has 8 nitrogen and oxygen atoms in total. The fourth-order valence-electron chi connectivity index (χ4n) is 2.63. The van der Waals surface area contributed by atoms with E-state index in [1.807, 2.05) is 0 Å². The minimum atomic E-state index is -4.66. The second-order valence-electron chi connectivity index (χ2n) is 5.79. The number of ether oxygens (including phenoxy) is 2. The maximum absolute atomic E-state index is 13.4. The van der Waals surface area contributed by atoms with E-state index >= 15 is 0 Å². The highest BCUT2D eigenvalue weighted by atomic mass is 79.9. The predicted octanol–water partition coefficient (Wildman–Crippen LogP) is 4.18. The van der Waals surface area contributed by atoms with Crippen molar-refractivity contribution in [2.24, 2.45) is 0 Å². The number of nitrogens with one attached hydrogen (secondary N) is 2. The zero-order valence-electron chi connectivity index (χ0n) is 14.9. The molecule has 3 aromatic rings. The molecule has 0 bridgehead atoms. The SMILES string of the molecule is COCCOC(=O)Nc1ccc2c(-c3nc(N)ncc3C(F)(F)F)c[nH]c2c1Br. The number of halogens is 4. The van der Waals surface area contributed by atoms with Crippen LogP contribution in [0.1, 0.15) is 5.56 Å². The molecule has 0 saturated heterocycles. The number of hydrogen-bond donors (Lipinski definition) is 3. The summed E-state index contributed by atoms with van der Waals surface area (Å²) in [5.41, 5.74) is 5.17. The molecule has 4 N–H and O–H groups in total. The maximum Gasteiger partial charge on any atom is 0.419 e. The number of alkyl halides is 3. The summed E-state index contributed by atoms with van der Waals surface area (Å²) < 4.78 is 50.3. The summed E-state index contributed by atoms with van der Waals surface area (Å²) in [6.07, 6.45) is -3.32. The van der Waals surface area contributed by atoms with Crippen molar-refractivity contribution in [3.05, 3.63) is 34.6 Å². The lowest BCUT2D eigenvalue weighted by atomic mass is 10.1. The van der Waals surface area contributed by atoms with E-state index in [9.17, 15) is 18.0 Å². The molecule has 12 heteroatoms. The van der Waals surface area contributed by atoms with Gasteiger partial charge in [0, 0.05) is 30.5 Å². The molecule has 154 valence electrons. The van der Waals surface area contributed by atoms with Crippen molar-refractivity contribution in [3.8, 4) is 11.3 Å². The number of fused-ring (bicyclic) bond motifs is 1. The molecular weight excluding hydrogens is 459 g/mol. The van der Waals surface area contributed by atoms with E-state index in [1.54, 1.807) is 6.07 Å². The average molecular weight is 474 g/mol. The van der Waals surface area contributed by atoms with E-state index in [4.69, 9.17) is 15.2 Å². The van der Waals surface area contributed by atoms with Crippen molar-refractivity contribution in [2.45, 2.75) is 6.18 Å². The van der Waals surface area contributed by atoms with Gasteiger partial charge in [-0.15, -0.1) is 0 Å². The van der Waals surface area contributed by atoms with Gasteiger partial charge in [-0.25, -0.2) is 14.8 Å². The third-order valence-corrected chi connectivity index (χ3v) is 4.74. The first kappa shape index (κ1) is 20.9. The number of methoxy groups -OCH3 is 1. The van der Waals surface area contributed by atoms with E-state index < -0.39 is 17.8 Å². The van der Waals surface area contributed by atoms with Crippen molar-refractivity contribution in [1.82, 2.24) is 15.0 Å². The first-order chi connectivity index (χ1) is 13.7. The molecule has 29 heavy (non-hydrogen) atoms. The van der Waals surface area contributed by atoms with E-state index in [0.717, 1.165) is 0 Å². The normalized spacial score (nSPS) is 11.6. The molecule has 2 aromatic heterocycles. The standard InChI is InChI=1S/C17H15BrF3N5O3/c1-28-4-5-29-16(27)25-11-3-2-8-9(6-23-14(8)12(11)18)13-10(17(19,20)21)7-24-15(22)26-13/h2-3,6-7,23H,4-5H2,1H3,(H,25,27)(H2,22,24,26). The molecule has 0 radical (unpaired) electrons. The van der Waals surface area contributed by atoms with Crippen molar-refractivity contribution in [2.75, 3.05) is 31.4 Å². The van der Waals surface area contributed by atoms with Crippen LogP contribution in [0.5, 0.6) is 0 Å². The van der Waals surface area contributed by atoms with Crippen LogP contribution in [0.2, 0.25) is 0 Å². The van der Waals surface area contributed by atoms with Gasteiger partial charge >= 0.3 is 12.3 Å². The number of amides is 1. The van der Waals surface area contributed by atoms with Crippen LogP contribution >= 0.6 is 15.9 Å². The second-order valence-corrected chi connectivity index (χ2v) is 6.59. The fourth-order valence-corrected chi connectivity index (χ4v) is 3.19. The Kier molecular flexibility index (Phi) is 5.94. The van der Waals surface area contributed by atoms with Gasteiger partial charge in [-0.1, -0.05) is 6.07 Å². The Balaban J connectivity index is 1.99. The molecule has 1 amide bonds. The van der Waals surface area contributed by atoms with Crippen LogP contribution in [0, 0.1) is 0 Å². The lowest BCUT2D eigenvalue weighted by Crippen LogP contribution is -2.16. The van der Waals surface area contributed by atoms with E-state index in [0.29, 0.717) is 27.3 Å². The summed E-state index contributed by atoms with van der Waals surface area (Å²) in [5.74, 6) is -0.279. The van der Waals surface area contributed by atoms with Crippen molar-refractivity contribution in [1.29, 1.82) is 0 Å². The van der Waals surface area contributed by atoms with Crippen LogP contribution in [0.15, 0.2) is 29.0 Å². The van der Waals surface area contributed by atoms with Crippen molar-refractivity contribution < 1.29 is 27.4 Å². The minimum absolute atomic E-state index is 0.0736. The van der Waals surface area contributed by atoms with Gasteiger partial charge in [0.15, 0.2) is 0 Å². The molecule has 2 heterocycles. The van der Waals surface area contributed by atoms with Crippen LogP contribution in [0.4, 0.5) is 29.6 Å². The molecule has 0 unspecified atom stereocenters. The highest BCUT2D eigenvalue weighted by molar-refractivity contribution is 9.10. The Morgan fingerprint density at radius 3 is 2.79 bits per heavy atom. The van der Waals surface area contributed by atoms with Gasteiger partial charge in [0.05, 0.1) is 28.0 Å². The van der Waals surface area contributed by atoms with E-state index in [-0.39, 0.29) is 30.4 Å². The largest absolute Gasteiger partial charge is 0.447 e. The quantitative estimate of drug-likeness (QED) is 0.478. The molecule has 0 fully saturated rings. The van der Waals surface area contributed by atoms with Crippen LogP contribution < -0.4 is 11.1 Å². The first-order valence-electron chi connectivity index (χ1n) is 8.14. The summed E-state index contributed by atoms with van der Waals surface area (Å²) >= 11 is 3.34. The number of anilines is 2. The monoisotopic (exact) mass is 473 g/mol. The molecule has 0 aliphatic carbocycles. The van der Waals surface area contributed by atoms with E-state index in [2.05, 4.69) is 36.2 Å². The number of carbonyl (C=O) groups excluding carboxylic acids is 1. The molecule has 0 spiro atoms. The number of nitrogen functional groups attached to an aromatic ring is 1. The van der Waals surface area contributed by atoms with Crippen LogP contribution in [0.3, 0.4) is 0 Å². The topological polar surface area (TPSA) is 115 Å². The number of H-pyrrole nitrogens is 1. The van der Waals surface area contributed by atoms with E-state index in [1.165, 1.54) is 19.4 Å². The number of carbonyl (C=O) groups is 1. The Morgan fingerprint density at radius 2 is 2.10 bits per heavy atom. The van der Waals surface area contributed by atoms with Crippen LogP contribution in [0.25, 0.3) is 22.2 Å². The molecule has 0 aliphatic rings. The van der Waals surface area contributed by atoms with Gasteiger partial charge in [0.2, 0.25) is 5.95 Å². The van der Waals surface area contributed by atoms with Gasteiger partial charge in [-0.3, -0.25) is 5.32 Å². The number of rotatable bonds is 5. The lowest BCUT2D eigenvalue weighted by molar-refractivity contribution is -0.137. The van der Waals surface area contributed by atoms with Gasteiger partial charge in [-0.05, 0) is 22.0 Å². The third-order valence-electron chi connectivity index (χ3n) is 3.92. The predicted molar refractivity (Wildman–Crippen MR) is 103 cm³/mol. The summed E-state index contributed by atoms with van der Waals surface area (Å²) in [5, 5.41) is 2.99. The maximum atomic E-state index is 13.4. The number of nitrogens with two attached hydrogens (primary N) is 1. The number of nitrogens with zero attached hydrogens (tertiary/aromatic N) is 2. The number of aromatic amines is 1. The highest BCUT2D eigenvalue weighted by Gasteiger charge is 2.36. The first-order valence-corrected chi connectivity index (χ1v) is 8.94. The highest BCUT2D eigenvalue weighted by Crippen LogP contribution is 2.41. The Morgan fingerprint density at radius 1 is 1.34 bits per heavy atom.